The highest BCUT2D eigenvalue weighted by Crippen LogP contribution is 2.26. The summed E-state index contributed by atoms with van der Waals surface area (Å²) in [5.74, 6) is -3.39. The fourth-order valence-electron chi connectivity index (χ4n) is 1.78. The van der Waals surface area contributed by atoms with Crippen molar-refractivity contribution >= 4 is 12.0 Å². The zero-order valence-corrected chi connectivity index (χ0v) is 9.85. The number of halogens is 2. The van der Waals surface area contributed by atoms with Crippen molar-refractivity contribution in [1.82, 2.24) is 10.2 Å². The third kappa shape index (κ3) is 2.40. The predicted octanol–water partition coefficient (Wildman–Crippen LogP) is 1.63. The summed E-state index contributed by atoms with van der Waals surface area (Å²) >= 11 is 0. The Morgan fingerprint density at radius 3 is 2.63 bits per heavy atom. The number of amides is 2. The monoisotopic (exact) mass is 268 g/mol. The number of carboxylic acid groups (broad SMARTS) is 1. The Morgan fingerprint density at radius 2 is 2.05 bits per heavy atom. The first-order chi connectivity index (χ1) is 8.90. The highest BCUT2D eigenvalue weighted by atomic mass is 19.2. The van der Waals surface area contributed by atoms with Crippen LogP contribution in [0.1, 0.15) is 11.6 Å². The lowest BCUT2D eigenvalue weighted by molar-refractivity contribution is -0.133. The Morgan fingerprint density at radius 1 is 1.37 bits per heavy atom. The van der Waals surface area contributed by atoms with E-state index in [0.717, 1.165) is 23.2 Å². The van der Waals surface area contributed by atoms with Crippen LogP contribution in [0.2, 0.25) is 0 Å². The second-order valence-electron chi connectivity index (χ2n) is 4.06. The van der Waals surface area contributed by atoms with E-state index in [-0.39, 0.29) is 11.1 Å². The molecule has 5 nitrogen and oxygen atoms in total. The van der Waals surface area contributed by atoms with E-state index >= 15 is 0 Å². The van der Waals surface area contributed by atoms with Crippen LogP contribution < -0.4 is 5.32 Å². The highest BCUT2D eigenvalue weighted by Gasteiger charge is 2.30. The van der Waals surface area contributed by atoms with Gasteiger partial charge >= 0.3 is 12.0 Å². The standard InChI is InChI=1S/C12H10F2N2O3/c1-16-5-7(11(17)18)10(15-12(16)19)6-2-3-8(13)9(14)4-6/h2-5,10H,1H3,(H,15,19)(H,17,18)/t10-/m1/s1. The molecule has 0 spiro atoms. The first-order valence-electron chi connectivity index (χ1n) is 5.33. The molecule has 1 atom stereocenters. The number of nitrogens with one attached hydrogen (secondary N) is 1. The first-order valence-corrected chi connectivity index (χ1v) is 5.33. The zero-order chi connectivity index (χ0) is 14.2. The number of hydrogen-bond donors (Lipinski definition) is 2. The molecule has 0 saturated heterocycles. The van der Waals surface area contributed by atoms with Gasteiger partial charge in [0.15, 0.2) is 11.6 Å². The number of carbonyl (C=O) groups is 2. The molecule has 0 unspecified atom stereocenters. The van der Waals surface area contributed by atoms with Crippen LogP contribution in [0, 0.1) is 11.6 Å². The molecule has 0 fully saturated rings. The van der Waals surface area contributed by atoms with E-state index in [1.807, 2.05) is 0 Å². The Balaban J connectivity index is 2.46. The van der Waals surface area contributed by atoms with Gasteiger partial charge in [0.1, 0.15) is 0 Å². The molecule has 1 aromatic carbocycles. The largest absolute Gasteiger partial charge is 0.478 e. The Kier molecular flexibility index (Phi) is 3.20. The molecule has 1 aliphatic heterocycles. The third-order valence-corrected chi connectivity index (χ3v) is 2.76. The number of urea groups is 1. The van der Waals surface area contributed by atoms with Gasteiger partial charge in [-0.15, -0.1) is 0 Å². The van der Waals surface area contributed by atoms with E-state index in [0.29, 0.717) is 0 Å². The molecular formula is C12H10F2N2O3. The van der Waals surface area contributed by atoms with Crippen LogP contribution in [-0.4, -0.2) is 29.1 Å². The molecular weight excluding hydrogens is 258 g/mol. The van der Waals surface area contributed by atoms with Crippen molar-refractivity contribution in [2.45, 2.75) is 6.04 Å². The lowest BCUT2D eigenvalue weighted by atomic mass is 9.98. The summed E-state index contributed by atoms with van der Waals surface area (Å²) in [6.45, 7) is 0. The molecule has 1 aromatic rings. The SMILES string of the molecule is CN1C=C(C(=O)O)[C@@H](c2ccc(F)c(F)c2)NC1=O. The van der Waals surface area contributed by atoms with Gasteiger partial charge in [0, 0.05) is 13.2 Å². The summed E-state index contributed by atoms with van der Waals surface area (Å²) in [6.07, 6.45) is 1.15. The van der Waals surface area contributed by atoms with Gasteiger partial charge in [-0.05, 0) is 17.7 Å². The van der Waals surface area contributed by atoms with Gasteiger partial charge in [-0.2, -0.15) is 0 Å². The van der Waals surface area contributed by atoms with E-state index < -0.39 is 29.7 Å². The number of aliphatic carboxylic acids is 1. The summed E-state index contributed by atoms with van der Waals surface area (Å²) < 4.78 is 26.0. The van der Waals surface area contributed by atoms with E-state index in [4.69, 9.17) is 5.11 Å². The quantitative estimate of drug-likeness (QED) is 0.856. The van der Waals surface area contributed by atoms with Crippen molar-refractivity contribution in [3.05, 3.63) is 47.2 Å². The van der Waals surface area contributed by atoms with Gasteiger partial charge in [0.2, 0.25) is 0 Å². The fourth-order valence-corrected chi connectivity index (χ4v) is 1.78. The van der Waals surface area contributed by atoms with E-state index in [1.165, 1.54) is 13.1 Å². The van der Waals surface area contributed by atoms with E-state index in [2.05, 4.69) is 5.32 Å². The lowest BCUT2D eigenvalue weighted by Crippen LogP contribution is -2.43. The van der Waals surface area contributed by atoms with Gasteiger partial charge in [0.05, 0.1) is 11.6 Å². The van der Waals surface area contributed by atoms with Crippen LogP contribution in [0.15, 0.2) is 30.0 Å². The molecule has 0 radical (unpaired) electrons. The minimum absolute atomic E-state index is 0.131. The van der Waals surface area contributed by atoms with Crippen LogP contribution in [0.25, 0.3) is 0 Å². The minimum atomic E-state index is -1.25. The number of nitrogens with zero attached hydrogens (tertiary/aromatic N) is 1. The van der Waals surface area contributed by atoms with Gasteiger partial charge in [0.25, 0.3) is 0 Å². The molecule has 2 rings (SSSR count). The molecule has 2 amide bonds. The van der Waals surface area contributed by atoms with Crippen LogP contribution in [-0.2, 0) is 4.79 Å². The van der Waals surface area contributed by atoms with Crippen molar-refractivity contribution < 1.29 is 23.5 Å². The van der Waals surface area contributed by atoms with E-state index in [9.17, 15) is 18.4 Å². The normalized spacial score (nSPS) is 18.9. The fraction of sp³-hybridized carbons (Fsp3) is 0.167. The molecule has 0 saturated carbocycles. The van der Waals surface area contributed by atoms with Crippen LogP contribution >= 0.6 is 0 Å². The highest BCUT2D eigenvalue weighted by molar-refractivity contribution is 5.92. The number of rotatable bonds is 2. The van der Waals surface area contributed by atoms with Crippen molar-refractivity contribution in [2.75, 3.05) is 7.05 Å². The van der Waals surface area contributed by atoms with Gasteiger partial charge in [-0.25, -0.2) is 18.4 Å². The van der Waals surface area contributed by atoms with Gasteiger partial charge < -0.3 is 15.3 Å². The second kappa shape index (κ2) is 4.68. The molecule has 0 aliphatic carbocycles. The summed E-state index contributed by atoms with van der Waals surface area (Å²) in [7, 11) is 1.39. The lowest BCUT2D eigenvalue weighted by Gasteiger charge is -2.28. The molecule has 100 valence electrons. The molecule has 2 N–H and O–H groups in total. The Bertz CT molecular complexity index is 586. The van der Waals surface area contributed by atoms with Crippen LogP contribution in [0.5, 0.6) is 0 Å². The summed E-state index contributed by atoms with van der Waals surface area (Å²) in [5, 5.41) is 11.5. The number of carboxylic acids is 1. The molecule has 19 heavy (non-hydrogen) atoms. The Hall–Kier alpha value is -2.44. The van der Waals surface area contributed by atoms with Crippen molar-refractivity contribution in [3.8, 4) is 0 Å². The molecule has 7 heteroatoms. The number of hydrogen-bond acceptors (Lipinski definition) is 2. The average molecular weight is 268 g/mol. The first kappa shape index (κ1) is 13.0. The molecule has 0 bridgehead atoms. The van der Waals surface area contributed by atoms with Crippen LogP contribution in [0.4, 0.5) is 13.6 Å². The third-order valence-electron chi connectivity index (χ3n) is 2.76. The van der Waals surface area contributed by atoms with Crippen LogP contribution in [0.3, 0.4) is 0 Å². The smallest absolute Gasteiger partial charge is 0.335 e. The Labute approximate surface area is 107 Å². The summed E-state index contributed by atoms with van der Waals surface area (Å²) in [4.78, 5) is 23.7. The topological polar surface area (TPSA) is 69.6 Å². The minimum Gasteiger partial charge on any atom is -0.478 e. The van der Waals surface area contributed by atoms with E-state index in [1.54, 1.807) is 0 Å². The van der Waals surface area contributed by atoms with Crippen molar-refractivity contribution in [1.29, 1.82) is 0 Å². The summed E-state index contributed by atoms with van der Waals surface area (Å²) in [6, 6.07) is 1.43. The number of carbonyl (C=O) groups excluding carboxylic acids is 1. The number of benzene rings is 1. The predicted molar refractivity (Wildman–Crippen MR) is 61.1 cm³/mol. The van der Waals surface area contributed by atoms with Gasteiger partial charge in [-0.1, -0.05) is 6.07 Å². The van der Waals surface area contributed by atoms with Crippen molar-refractivity contribution in [3.63, 3.8) is 0 Å². The van der Waals surface area contributed by atoms with Crippen molar-refractivity contribution in [2.24, 2.45) is 0 Å². The molecule has 0 aromatic heterocycles. The average Bonchev–Trinajstić information content (AvgIpc) is 2.35. The van der Waals surface area contributed by atoms with Gasteiger partial charge in [-0.3, -0.25) is 0 Å². The molecule has 1 heterocycles. The molecule has 1 aliphatic rings. The summed E-state index contributed by atoms with van der Waals surface area (Å²) in [5.41, 5.74) is 0.0297. The maximum absolute atomic E-state index is 13.2. The maximum Gasteiger partial charge on any atom is 0.335 e. The zero-order valence-electron chi connectivity index (χ0n) is 9.85. The maximum atomic E-state index is 13.2. The second-order valence-corrected chi connectivity index (χ2v) is 4.06.